The van der Waals surface area contributed by atoms with Crippen LogP contribution >= 0.6 is 11.3 Å². The van der Waals surface area contributed by atoms with Gasteiger partial charge in [-0.1, -0.05) is 0 Å². The van der Waals surface area contributed by atoms with Crippen LogP contribution in [-0.2, 0) is 9.47 Å². The fraction of sp³-hybridized carbons (Fsp3) is 0.357. The van der Waals surface area contributed by atoms with E-state index in [0.29, 0.717) is 31.3 Å². The summed E-state index contributed by atoms with van der Waals surface area (Å²) in [5.74, 6) is 0.349. The van der Waals surface area contributed by atoms with Crippen molar-refractivity contribution in [2.45, 2.75) is 0 Å². The van der Waals surface area contributed by atoms with Crippen molar-refractivity contribution in [1.29, 1.82) is 0 Å². The van der Waals surface area contributed by atoms with Crippen molar-refractivity contribution < 1.29 is 19.0 Å². The Balaban J connectivity index is 1.89. The Labute approximate surface area is 121 Å². The van der Waals surface area contributed by atoms with Gasteiger partial charge in [0.25, 0.3) is 5.91 Å². The predicted molar refractivity (Wildman–Crippen MR) is 78.5 cm³/mol. The normalized spacial score (nSPS) is 10.8. The van der Waals surface area contributed by atoms with Gasteiger partial charge in [-0.05, 0) is 29.7 Å². The summed E-state index contributed by atoms with van der Waals surface area (Å²) in [7, 11) is 1.64. The van der Waals surface area contributed by atoms with Crippen LogP contribution in [0.1, 0.15) is 9.67 Å². The van der Waals surface area contributed by atoms with E-state index in [2.05, 4.69) is 0 Å². The Kier molecular flexibility index (Phi) is 5.34. The first-order valence-electron chi connectivity index (χ1n) is 6.23. The second-order valence-corrected chi connectivity index (χ2v) is 5.21. The monoisotopic (exact) mass is 295 g/mol. The summed E-state index contributed by atoms with van der Waals surface area (Å²) < 4.78 is 16.8. The number of methoxy groups -OCH3 is 1. The lowest BCUT2D eigenvalue weighted by molar-refractivity contribution is 0.0544. The average Bonchev–Trinajstić information content (AvgIpc) is 2.86. The molecule has 0 radical (unpaired) electrons. The van der Waals surface area contributed by atoms with Gasteiger partial charge >= 0.3 is 0 Å². The third kappa shape index (κ3) is 3.93. The number of hydrogen-bond donors (Lipinski definition) is 1. The van der Waals surface area contributed by atoms with Crippen molar-refractivity contribution in [3.05, 3.63) is 29.1 Å². The van der Waals surface area contributed by atoms with Crippen molar-refractivity contribution in [1.82, 2.24) is 0 Å². The number of nitrogens with two attached hydrogens (primary N) is 1. The van der Waals surface area contributed by atoms with E-state index < -0.39 is 5.91 Å². The quantitative estimate of drug-likeness (QED) is 0.757. The smallest absolute Gasteiger partial charge is 0.258 e. The fourth-order valence-corrected chi connectivity index (χ4v) is 2.59. The van der Waals surface area contributed by atoms with Gasteiger partial charge in [-0.2, -0.15) is 0 Å². The summed E-state index contributed by atoms with van der Waals surface area (Å²) in [6.07, 6.45) is 0. The van der Waals surface area contributed by atoms with E-state index in [1.54, 1.807) is 13.2 Å². The van der Waals surface area contributed by atoms with Crippen LogP contribution in [0.15, 0.2) is 24.3 Å². The van der Waals surface area contributed by atoms with Gasteiger partial charge in [0.1, 0.15) is 12.4 Å². The molecule has 1 aromatic carbocycles. The maximum Gasteiger partial charge on any atom is 0.258 e. The summed E-state index contributed by atoms with van der Waals surface area (Å²) in [4.78, 5) is 11.7. The number of carbonyl (C=O) groups excluding carboxylic acids is 1. The van der Waals surface area contributed by atoms with Gasteiger partial charge < -0.3 is 19.9 Å². The highest BCUT2D eigenvalue weighted by molar-refractivity contribution is 7.20. The first-order valence-corrected chi connectivity index (χ1v) is 7.05. The van der Waals surface area contributed by atoms with Gasteiger partial charge in [0.15, 0.2) is 0 Å². The zero-order valence-electron chi connectivity index (χ0n) is 11.3. The van der Waals surface area contributed by atoms with Crippen molar-refractivity contribution >= 4 is 27.3 Å². The van der Waals surface area contributed by atoms with E-state index in [1.165, 1.54) is 11.3 Å². The Hall–Kier alpha value is -1.63. The van der Waals surface area contributed by atoms with Crippen LogP contribution in [0.4, 0.5) is 0 Å². The standard InChI is InChI=1S/C14H17NO4S/c1-17-4-5-18-6-7-19-11-2-3-12-10(8-11)9-13(20-12)14(15)16/h2-3,8-9H,4-7H2,1H3,(H2,15,16). The molecule has 0 bridgehead atoms. The molecule has 0 spiro atoms. The molecule has 5 nitrogen and oxygen atoms in total. The van der Waals surface area contributed by atoms with E-state index in [0.717, 1.165) is 15.8 Å². The third-order valence-electron chi connectivity index (χ3n) is 2.66. The van der Waals surface area contributed by atoms with Crippen molar-refractivity contribution in [3.63, 3.8) is 0 Å². The number of thiophene rings is 1. The number of hydrogen-bond acceptors (Lipinski definition) is 5. The third-order valence-corrected chi connectivity index (χ3v) is 3.79. The Morgan fingerprint density at radius 2 is 2.00 bits per heavy atom. The molecule has 0 aliphatic heterocycles. The maximum absolute atomic E-state index is 11.1. The van der Waals surface area contributed by atoms with E-state index in [9.17, 15) is 4.79 Å². The molecule has 0 saturated carbocycles. The van der Waals surface area contributed by atoms with Crippen LogP contribution in [0, 0.1) is 0 Å². The molecule has 108 valence electrons. The molecule has 1 heterocycles. The largest absolute Gasteiger partial charge is 0.491 e. The van der Waals surface area contributed by atoms with Crippen LogP contribution in [-0.4, -0.2) is 39.4 Å². The number of amides is 1. The zero-order valence-corrected chi connectivity index (χ0v) is 12.1. The molecule has 6 heteroatoms. The zero-order chi connectivity index (χ0) is 14.4. The van der Waals surface area contributed by atoms with Gasteiger partial charge in [-0.15, -0.1) is 11.3 Å². The van der Waals surface area contributed by atoms with Crippen LogP contribution in [0.3, 0.4) is 0 Å². The molecule has 0 aliphatic carbocycles. The summed E-state index contributed by atoms with van der Waals surface area (Å²) in [6, 6.07) is 7.48. The van der Waals surface area contributed by atoms with Crippen LogP contribution in [0.25, 0.3) is 10.1 Å². The molecule has 0 fully saturated rings. The molecule has 1 aromatic heterocycles. The summed E-state index contributed by atoms with van der Waals surface area (Å²) in [5.41, 5.74) is 5.27. The molecular weight excluding hydrogens is 278 g/mol. The van der Waals surface area contributed by atoms with E-state index >= 15 is 0 Å². The Morgan fingerprint density at radius 3 is 2.75 bits per heavy atom. The Morgan fingerprint density at radius 1 is 1.20 bits per heavy atom. The van der Waals surface area contributed by atoms with Crippen LogP contribution in [0.5, 0.6) is 5.75 Å². The van der Waals surface area contributed by atoms with Gasteiger partial charge in [0.05, 0.1) is 24.7 Å². The van der Waals surface area contributed by atoms with Crippen molar-refractivity contribution in [3.8, 4) is 5.75 Å². The minimum atomic E-state index is -0.403. The number of benzene rings is 1. The lowest BCUT2D eigenvalue weighted by Gasteiger charge is -2.07. The minimum absolute atomic E-state index is 0.403. The van der Waals surface area contributed by atoms with E-state index in [1.807, 2.05) is 18.2 Å². The second-order valence-electron chi connectivity index (χ2n) is 4.13. The van der Waals surface area contributed by atoms with Gasteiger partial charge in [-0.3, -0.25) is 4.79 Å². The lowest BCUT2D eigenvalue weighted by Crippen LogP contribution is -2.09. The molecule has 0 saturated heterocycles. The van der Waals surface area contributed by atoms with E-state index in [4.69, 9.17) is 19.9 Å². The predicted octanol–water partition coefficient (Wildman–Crippen LogP) is 2.04. The lowest BCUT2D eigenvalue weighted by atomic mass is 10.2. The molecule has 0 aliphatic rings. The molecule has 0 atom stereocenters. The second kappa shape index (κ2) is 7.23. The maximum atomic E-state index is 11.1. The highest BCUT2D eigenvalue weighted by Gasteiger charge is 2.07. The fourth-order valence-electron chi connectivity index (χ4n) is 1.70. The number of ether oxygens (including phenoxy) is 3. The summed E-state index contributed by atoms with van der Waals surface area (Å²) in [6.45, 7) is 2.13. The highest BCUT2D eigenvalue weighted by Crippen LogP contribution is 2.28. The first-order chi connectivity index (χ1) is 9.70. The summed E-state index contributed by atoms with van der Waals surface area (Å²) in [5, 5.41) is 0.960. The molecular formula is C14H17NO4S. The topological polar surface area (TPSA) is 70.8 Å². The molecule has 2 aromatic rings. The van der Waals surface area contributed by atoms with Crippen molar-refractivity contribution in [2.24, 2.45) is 5.73 Å². The molecule has 2 rings (SSSR count). The number of fused-ring (bicyclic) bond motifs is 1. The summed E-state index contributed by atoms with van der Waals surface area (Å²) >= 11 is 1.38. The Bertz CT molecular complexity index is 582. The molecule has 1 amide bonds. The first kappa shape index (κ1) is 14.8. The number of primary amides is 1. The van der Waals surface area contributed by atoms with Crippen LogP contribution in [0.2, 0.25) is 0 Å². The highest BCUT2D eigenvalue weighted by atomic mass is 32.1. The minimum Gasteiger partial charge on any atom is -0.491 e. The van der Waals surface area contributed by atoms with Gasteiger partial charge in [0.2, 0.25) is 0 Å². The van der Waals surface area contributed by atoms with Gasteiger partial charge in [-0.25, -0.2) is 0 Å². The van der Waals surface area contributed by atoms with Crippen molar-refractivity contribution in [2.75, 3.05) is 33.5 Å². The number of carbonyl (C=O) groups is 1. The van der Waals surface area contributed by atoms with Gasteiger partial charge in [0, 0.05) is 11.8 Å². The van der Waals surface area contributed by atoms with E-state index in [-0.39, 0.29) is 0 Å². The number of rotatable bonds is 8. The average molecular weight is 295 g/mol. The molecule has 20 heavy (non-hydrogen) atoms. The molecule has 0 unspecified atom stereocenters. The SMILES string of the molecule is COCCOCCOc1ccc2sc(C(N)=O)cc2c1. The van der Waals surface area contributed by atoms with Crippen LogP contribution < -0.4 is 10.5 Å². The molecule has 2 N–H and O–H groups in total.